The van der Waals surface area contributed by atoms with E-state index in [0.29, 0.717) is 0 Å². The first-order chi connectivity index (χ1) is 25.9. The number of carbonyl (C=O) groups excluding carboxylic acids is 1. The number of hydrogen-bond donors (Lipinski definition) is 14. The van der Waals surface area contributed by atoms with Gasteiger partial charge in [0.25, 0.3) is 0 Å². The molecule has 0 aromatic heterocycles. The molecule has 7 aliphatic rings. The van der Waals surface area contributed by atoms with E-state index in [2.05, 4.69) is 0 Å². The molecule has 316 valence electrons. The Labute approximate surface area is 317 Å². The van der Waals surface area contributed by atoms with Crippen molar-refractivity contribution in [1.29, 1.82) is 0 Å². The van der Waals surface area contributed by atoms with Crippen LogP contribution in [0.15, 0.2) is 0 Å². The summed E-state index contributed by atoms with van der Waals surface area (Å²) in [6.07, 6.45) is -25.2. The van der Waals surface area contributed by atoms with Gasteiger partial charge in [-0.15, -0.1) is 0 Å². The van der Waals surface area contributed by atoms with Gasteiger partial charge in [0, 0.05) is 11.8 Å². The second-order valence-corrected chi connectivity index (χ2v) is 17.8. The van der Waals surface area contributed by atoms with E-state index in [4.69, 9.17) is 14.2 Å². The van der Waals surface area contributed by atoms with E-state index in [1.807, 2.05) is 0 Å². The second kappa shape index (κ2) is 16.5. The molecule has 0 bridgehead atoms. The largest absolute Gasteiger partial charge is 0.459 e. The molecule has 2 saturated heterocycles. The highest BCUT2D eigenvalue weighted by molar-refractivity contribution is 5.73. The summed E-state index contributed by atoms with van der Waals surface area (Å²) in [6, 6.07) is 0. The first-order valence-corrected chi connectivity index (χ1v) is 20.0. The van der Waals surface area contributed by atoms with Crippen LogP contribution in [0.1, 0.15) is 64.2 Å². The van der Waals surface area contributed by atoms with Crippen LogP contribution in [0.3, 0.4) is 0 Å². The zero-order valence-corrected chi connectivity index (χ0v) is 30.5. The highest BCUT2D eigenvalue weighted by Crippen LogP contribution is 2.53. The van der Waals surface area contributed by atoms with Gasteiger partial charge in [0.1, 0.15) is 24.4 Å². The molecule has 0 aromatic rings. The molecule has 20 unspecified atom stereocenters. The number of aliphatic hydroxyl groups is 14. The fourth-order valence-corrected chi connectivity index (χ4v) is 11.6. The first-order valence-electron chi connectivity index (χ1n) is 20.0. The average molecular weight is 793 g/mol. The maximum atomic E-state index is 13.7. The maximum Gasteiger partial charge on any atom is 0.309 e. The van der Waals surface area contributed by atoms with Crippen LogP contribution in [0.5, 0.6) is 0 Å². The predicted molar refractivity (Wildman–Crippen MR) is 182 cm³/mol. The normalized spacial score (nSPS) is 57.6. The van der Waals surface area contributed by atoms with Crippen molar-refractivity contribution in [3.05, 3.63) is 0 Å². The Balaban J connectivity index is 1.24. The summed E-state index contributed by atoms with van der Waals surface area (Å²) in [7, 11) is 0. The van der Waals surface area contributed by atoms with E-state index in [1.54, 1.807) is 0 Å². The van der Waals surface area contributed by atoms with E-state index in [1.165, 1.54) is 0 Å². The van der Waals surface area contributed by atoms with Crippen molar-refractivity contribution in [2.75, 3.05) is 0 Å². The molecule has 0 aromatic carbocycles. The van der Waals surface area contributed by atoms with Gasteiger partial charge in [-0.25, -0.2) is 0 Å². The van der Waals surface area contributed by atoms with Crippen LogP contribution in [0.2, 0.25) is 0 Å². The molecular formula is C37H60O18. The van der Waals surface area contributed by atoms with Crippen LogP contribution >= 0.6 is 0 Å². The monoisotopic (exact) mass is 792 g/mol. The highest BCUT2D eigenvalue weighted by Gasteiger charge is 2.61. The van der Waals surface area contributed by atoms with Gasteiger partial charge >= 0.3 is 5.97 Å². The molecule has 14 N–H and O–H groups in total. The van der Waals surface area contributed by atoms with E-state index in [9.17, 15) is 76.3 Å². The van der Waals surface area contributed by atoms with E-state index in [-0.39, 0.29) is 64.2 Å². The molecule has 7 fully saturated rings. The molecule has 5 aliphatic carbocycles. The van der Waals surface area contributed by atoms with E-state index >= 15 is 0 Å². The van der Waals surface area contributed by atoms with Crippen LogP contribution in [0.25, 0.3) is 0 Å². The number of ether oxygens (including phenoxy) is 3. The lowest BCUT2D eigenvalue weighted by Crippen LogP contribution is -2.67. The van der Waals surface area contributed by atoms with Crippen LogP contribution in [-0.4, -0.2) is 193 Å². The lowest BCUT2D eigenvalue weighted by molar-refractivity contribution is -0.271. The van der Waals surface area contributed by atoms with Crippen molar-refractivity contribution >= 4 is 5.97 Å². The smallest absolute Gasteiger partial charge is 0.309 e. The molecule has 2 aliphatic heterocycles. The van der Waals surface area contributed by atoms with Crippen LogP contribution in [0, 0.1) is 41.4 Å². The minimum absolute atomic E-state index is 0.0104. The third kappa shape index (κ3) is 7.97. The number of esters is 1. The van der Waals surface area contributed by atoms with Gasteiger partial charge in [-0.05, 0) is 87.9 Å². The average Bonchev–Trinajstić information content (AvgIpc) is 3.12. The van der Waals surface area contributed by atoms with Gasteiger partial charge in [0.15, 0.2) is 0 Å². The molecule has 55 heavy (non-hydrogen) atoms. The molecule has 18 heteroatoms. The van der Waals surface area contributed by atoms with E-state index < -0.39 is 163 Å². The maximum absolute atomic E-state index is 13.7. The molecule has 18 nitrogen and oxygen atoms in total. The number of aliphatic hydroxyl groups excluding tert-OH is 14. The summed E-state index contributed by atoms with van der Waals surface area (Å²) in [5.41, 5.74) is 0. The Bertz CT molecular complexity index is 1310. The fourth-order valence-electron chi connectivity index (χ4n) is 11.6. The summed E-state index contributed by atoms with van der Waals surface area (Å²) in [6.45, 7) is 0. The zero-order valence-electron chi connectivity index (χ0n) is 30.5. The minimum Gasteiger partial charge on any atom is -0.459 e. The van der Waals surface area contributed by atoms with Gasteiger partial charge in [0.05, 0.1) is 97.5 Å². The molecule has 0 radical (unpaired) electrons. The van der Waals surface area contributed by atoms with Crippen LogP contribution in [-0.2, 0) is 19.0 Å². The Morgan fingerprint density at radius 1 is 0.400 bits per heavy atom. The van der Waals surface area contributed by atoms with Gasteiger partial charge in [0.2, 0.25) is 0 Å². The van der Waals surface area contributed by atoms with Crippen LogP contribution in [0.4, 0.5) is 0 Å². The Morgan fingerprint density at radius 2 is 0.818 bits per heavy atom. The van der Waals surface area contributed by atoms with Gasteiger partial charge < -0.3 is 85.7 Å². The zero-order chi connectivity index (χ0) is 39.8. The summed E-state index contributed by atoms with van der Waals surface area (Å²) in [4.78, 5) is 13.7. The number of hydrogen-bond acceptors (Lipinski definition) is 18. The molecule has 2 heterocycles. The standard InChI is InChI=1S/C37H60O18/c38-12-3-18(40)14-7-24(46)35(53-25(14)5-12)16-8-22(44)31(48)33(50)28(16)29-17(9-23(45)32(49)34(29)51)36-27(10-15-19(41)4-13(39)6-26(15)54-36)55-37(52)11-1-20(42)30(47)21(43)2-11/h11-36,38-51H,1-10H2/t11?,12?,13?,14?,15?,16?,17?,18?,19?,20?,21?,22?,23?,24-,25?,26?,27-,28?,29?,30?,31?,32?,33?,34?,35-,36-/m1/s1. The first kappa shape index (κ1) is 42.0. The Morgan fingerprint density at radius 3 is 1.33 bits per heavy atom. The molecule has 24 atom stereocenters. The number of carbonyl (C=O) groups is 1. The van der Waals surface area contributed by atoms with Crippen LogP contribution < -0.4 is 0 Å². The van der Waals surface area contributed by atoms with Crippen molar-refractivity contribution in [1.82, 2.24) is 0 Å². The molecule has 0 spiro atoms. The molecule has 5 saturated carbocycles. The number of fused-ring (bicyclic) bond motifs is 2. The Kier molecular flexibility index (Phi) is 12.6. The Hall–Kier alpha value is -1.17. The summed E-state index contributed by atoms with van der Waals surface area (Å²) < 4.78 is 19.0. The van der Waals surface area contributed by atoms with Crippen molar-refractivity contribution < 1.29 is 90.5 Å². The topological polar surface area (TPSA) is 328 Å². The molecule has 7 rings (SSSR count). The van der Waals surface area contributed by atoms with E-state index in [0.717, 1.165) is 0 Å². The molecular weight excluding hydrogens is 732 g/mol. The summed E-state index contributed by atoms with van der Waals surface area (Å²) in [5, 5.41) is 153. The van der Waals surface area contributed by atoms with Gasteiger partial charge in [-0.1, -0.05) is 0 Å². The van der Waals surface area contributed by atoms with Crippen molar-refractivity contribution in [2.24, 2.45) is 41.4 Å². The minimum atomic E-state index is -1.81. The SMILES string of the molecule is O=C(O[C@@H]1CC2C(O)CC(O)CC2O[C@@H]1C1CC(O)C(O)C(O)C1C1C(O)C(O)C(O)CC1[C@H]1OC2CC(O)CC(O)C2C[C@H]1O)C1CC(O)C(O)C(O)C1. The second-order valence-electron chi connectivity index (χ2n) is 17.8. The third-order valence-electron chi connectivity index (χ3n) is 14.4. The van der Waals surface area contributed by atoms with Crippen molar-refractivity contribution in [3.63, 3.8) is 0 Å². The van der Waals surface area contributed by atoms with Crippen molar-refractivity contribution in [2.45, 2.75) is 180 Å². The lowest BCUT2D eigenvalue weighted by Gasteiger charge is -2.57. The fraction of sp³-hybridized carbons (Fsp3) is 0.973. The molecule has 0 amide bonds. The van der Waals surface area contributed by atoms with Gasteiger partial charge in [-0.2, -0.15) is 0 Å². The number of rotatable bonds is 5. The lowest BCUT2D eigenvalue weighted by atomic mass is 9.56. The summed E-state index contributed by atoms with van der Waals surface area (Å²) in [5.74, 6) is -7.68. The highest BCUT2D eigenvalue weighted by atomic mass is 16.6. The quantitative estimate of drug-likeness (QED) is 0.116. The predicted octanol–water partition coefficient (Wildman–Crippen LogP) is -5.23. The van der Waals surface area contributed by atoms with Crippen molar-refractivity contribution in [3.8, 4) is 0 Å². The van der Waals surface area contributed by atoms with Gasteiger partial charge in [-0.3, -0.25) is 4.79 Å². The third-order valence-corrected chi connectivity index (χ3v) is 14.4. The summed E-state index contributed by atoms with van der Waals surface area (Å²) >= 11 is 0.